The van der Waals surface area contributed by atoms with Crippen LogP contribution in [0.2, 0.25) is 0 Å². The molecule has 0 spiro atoms. The molecule has 3 aromatic rings. The van der Waals surface area contributed by atoms with Gasteiger partial charge in [-0.1, -0.05) is 85.5 Å². The summed E-state index contributed by atoms with van der Waals surface area (Å²) in [6.45, 7) is 4.06. The molecule has 30 heavy (non-hydrogen) atoms. The maximum atomic E-state index is 13.4. The summed E-state index contributed by atoms with van der Waals surface area (Å²) in [5.41, 5.74) is 3.09. The summed E-state index contributed by atoms with van der Waals surface area (Å²) in [4.78, 5) is 29.7. The van der Waals surface area contributed by atoms with Crippen molar-refractivity contribution in [3.63, 3.8) is 0 Å². The van der Waals surface area contributed by atoms with Crippen LogP contribution in [0, 0.1) is 0 Å². The second kappa shape index (κ2) is 8.62. The molecule has 4 nitrogen and oxygen atoms in total. The lowest BCUT2D eigenvalue weighted by molar-refractivity contribution is -0.115. The lowest BCUT2D eigenvalue weighted by Crippen LogP contribution is -2.55. The highest BCUT2D eigenvalue weighted by Gasteiger charge is 2.38. The molecule has 148 valence electrons. The molecule has 4 heteroatoms. The van der Waals surface area contributed by atoms with Gasteiger partial charge in [0.15, 0.2) is 0 Å². The Labute approximate surface area is 176 Å². The van der Waals surface area contributed by atoms with Crippen LogP contribution in [0.15, 0.2) is 104 Å². The number of para-hydroxylation sites is 1. The fourth-order valence-corrected chi connectivity index (χ4v) is 3.67. The minimum atomic E-state index is -0.571. The van der Waals surface area contributed by atoms with Crippen molar-refractivity contribution < 1.29 is 9.59 Å². The van der Waals surface area contributed by atoms with Gasteiger partial charge in [0.1, 0.15) is 6.17 Å². The van der Waals surface area contributed by atoms with E-state index in [9.17, 15) is 9.59 Å². The van der Waals surface area contributed by atoms with Gasteiger partial charge in [0.25, 0.3) is 11.8 Å². The summed E-state index contributed by atoms with van der Waals surface area (Å²) in [5, 5.41) is 0. The van der Waals surface area contributed by atoms with Crippen LogP contribution in [-0.4, -0.2) is 22.9 Å². The van der Waals surface area contributed by atoms with E-state index in [1.165, 1.54) is 6.08 Å². The fraction of sp³-hybridized carbons (Fsp3) is 0.0769. The second-order valence-electron chi connectivity index (χ2n) is 7.03. The smallest absolute Gasteiger partial charge is 0.258 e. The van der Waals surface area contributed by atoms with Crippen molar-refractivity contribution in [2.45, 2.75) is 12.7 Å². The summed E-state index contributed by atoms with van der Waals surface area (Å²) in [5.74, 6) is -0.360. The number of hydrogen-bond acceptors (Lipinski definition) is 2. The van der Waals surface area contributed by atoms with E-state index < -0.39 is 6.17 Å². The molecule has 0 fully saturated rings. The average molecular weight is 394 g/mol. The molecule has 1 heterocycles. The maximum absolute atomic E-state index is 13.4. The van der Waals surface area contributed by atoms with Crippen molar-refractivity contribution in [2.75, 3.05) is 4.90 Å². The van der Waals surface area contributed by atoms with Crippen molar-refractivity contribution in [3.8, 4) is 0 Å². The van der Waals surface area contributed by atoms with Crippen molar-refractivity contribution >= 4 is 23.6 Å². The molecule has 1 unspecified atom stereocenters. The third-order valence-electron chi connectivity index (χ3n) is 5.11. The van der Waals surface area contributed by atoms with Crippen LogP contribution < -0.4 is 4.90 Å². The number of fused-ring (bicyclic) bond motifs is 1. The lowest BCUT2D eigenvalue weighted by Gasteiger charge is -2.42. The molecule has 0 bridgehead atoms. The SMILES string of the molecule is C=CC(=O)N1c2ccccc2C(=O)N(Cc2ccccc2)C1/C=C/c1ccccc1. The molecule has 1 atom stereocenters. The van der Waals surface area contributed by atoms with Gasteiger partial charge in [0.2, 0.25) is 0 Å². The topological polar surface area (TPSA) is 40.6 Å². The van der Waals surface area contributed by atoms with E-state index in [1.54, 1.807) is 21.9 Å². The molecule has 3 aromatic carbocycles. The second-order valence-corrected chi connectivity index (χ2v) is 7.03. The van der Waals surface area contributed by atoms with Crippen molar-refractivity contribution in [2.24, 2.45) is 0 Å². The first kappa shape index (κ1) is 19.4. The summed E-state index contributed by atoms with van der Waals surface area (Å²) in [6.07, 6.45) is 4.55. The quantitative estimate of drug-likeness (QED) is 0.578. The molecule has 0 aromatic heterocycles. The summed E-state index contributed by atoms with van der Waals surface area (Å²) >= 11 is 0. The molecule has 4 rings (SSSR count). The Morgan fingerprint density at radius 1 is 0.900 bits per heavy atom. The molecule has 1 aliphatic heterocycles. The Morgan fingerprint density at radius 2 is 1.53 bits per heavy atom. The van der Waals surface area contributed by atoms with E-state index in [2.05, 4.69) is 6.58 Å². The molecule has 2 amide bonds. The van der Waals surface area contributed by atoms with E-state index >= 15 is 0 Å². The van der Waals surface area contributed by atoms with Crippen LogP contribution in [0.4, 0.5) is 5.69 Å². The molecule has 0 aliphatic carbocycles. The Kier molecular flexibility index (Phi) is 5.57. The Bertz CT molecular complexity index is 1090. The highest BCUT2D eigenvalue weighted by molar-refractivity contribution is 6.11. The molecule has 1 aliphatic rings. The molecular weight excluding hydrogens is 372 g/mol. The molecular formula is C26H22N2O2. The summed E-state index contributed by atoms with van der Waals surface area (Å²) in [6, 6.07) is 26.8. The highest BCUT2D eigenvalue weighted by Crippen LogP contribution is 2.33. The monoisotopic (exact) mass is 394 g/mol. The van der Waals surface area contributed by atoms with Crippen LogP contribution in [-0.2, 0) is 11.3 Å². The Hall–Kier alpha value is -3.92. The number of carbonyl (C=O) groups excluding carboxylic acids is 2. The number of amides is 2. The van der Waals surface area contributed by atoms with Gasteiger partial charge in [-0.15, -0.1) is 0 Å². The Morgan fingerprint density at radius 3 is 2.23 bits per heavy atom. The molecule has 0 radical (unpaired) electrons. The van der Waals surface area contributed by atoms with Gasteiger partial charge in [0.05, 0.1) is 11.3 Å². The zero-order chi connectivity index (χ0) is 20.9. The first-order valence-corrected chi connectivity index (χ1v) is 9.82. The third kappa shape index (κ3) is 3.80. The van der Waals surface area contributed by atoms with Crippen molar-refractivity contribution in [3.05, 3.63) is 120 Å². The summed E-state index contributed by atoms with van der Waals surface area (Å²) < 4.78 is 0. The van der Waals surface area contributed by atoms with E-state index in [1.807, 2.05) is 84.9 Å². The lowest BCUT2D eigenvalue weighted by atomic mass is 10.0. The Balaban J connectivity index is 1.82. The molecule has 0 saturated carbocycles. The number of nitrogens with zero attached hydrogens (tertiary/aromatic N) is 2. The maximum Gasteiger partial charge on any atom is 0.258 e. The minimum Gasteiger partial charge on any atom is -0.310 e. The van der Waals surface area contributed by atoms with Gasteiger partial charge in [-0.25, -0.2) is 0 Å². The van der Waals surface area contributed by atoms with Crippen molar-refractivity contribution in [1.29, 1.82) is 0 Å². The zero-order valence-corrected chi connectivity index (χ0v) is 16.5. The largest absolute Gasteiger partial charge is 0.310 e. The van der Waals surface area contributed by atoms with E-state index in [0.717, 1.165) is 11.1 Å². The predicted octanol–water partition coefficient (Wildman–Crippen LogP) is 4.90. The predicted molar refractivity (Wildman–Crippen MR) is 120 cm³/mol. The fourth-order valence-electron chi connectivity index (χ4n) is 3.67. The normalized spacial score (nSPS) is 15.9. The first-order chi connectivity index (χ1) is 14.7. The average Bonchev–Trinajstić information content (AvgIpc) is 2.80. The van der Waals surface area contributed by atoms with Gasteiger partial charge < -0.3 is 4.90 Å². The van der Waals surface area contributed by atoms with E-state index in [0.29, 0.717) is 17.8 Å². The van der Waals surface area contributed by atoms with Crippen LogP contribution in [0.1, 0.15) is 21.5 Å². The van der Waals surface area contributed by atoms with Crippen molar-refractivity contribution in [1.82, 2.24) is 4.90 Å². The van der Waals surface area contributed by atoms with Gasteiger partial charge in [0, 0.05) is 6.54 Å². The number of benzene rings is 3. The number of anilines is 1. The van der Waals surface area contributed by atoms with Gasteiger partial charge in [-0.2, -0.15) is 0 Å². The van der Waals surface area contributed by atoms with Crippen LogP contribution in [0.5, 0.6) is 0 Å². The molecule has 0 N–H and O–H groups in total. The van der Waals surface area contributed by atoms with Gasteiger partial charge in [-0.3, -0.25) is 14.5 Å². The summed E-state index contributed by atoms with van der Waals surface area (Å²) in [7, 11) is 0. The standard InChI is InChI=1S/C26H22N2O2/c1-2-25(29)28-23-16-10-9-15-22(23)26(30)27(19-21-13-7-4-8-14-21)24(28)18-17-20-11-5-3-6-12-20/h2-18,24H,1,19H2/b18-17+. The van der Waals surface area contributed by atoms with Crippen LogP contribution in [0.25, 0.3) is 6.08 Å². The van der Waals surface area contributed by atoms with E-state index in [4.69, 9.17) is 0 Å². The van der Waals surface area contributed by atoms with Gasteiger partial charge >= 0.3 is 0 Å². The van der Waals surface area contributed by atoms with Gasteiger partial charge in [-0.05, 0) is 35.4 Å². The first-order valence-electron chi connectivity index (χ1n) is 9.82. The van der Waals surface area contributed by atoms with Crippen LogP contribution in [0.3, 0.4) is 0 Å². The number of rotatable bonds is 5. The van der Waals surface area contributed by atoms with Crippen LogP contribution >= 0.6 is 0 Å². The highest BCUT2D eigenvalue weighted by atomic mass is 16.2. The van der Waals surface area contributed by atoms with E-state index in [-0.39, 0.29) is 11.8 Å². The molecule has 0 saturated heterocycles. The third-order valence-corrected chi connectivity index (χ3v) is 5.11. The number of hydrogen-bond donors (Lipinski definition) is 0. The zero-order valence-electron chi connectivity index (χ0n) is 16.5. The minimum absolute atomic E-state index is 0.106. The number of carbonyl (C=O) groups is 2.